The molecule has 0 fully saturated rings. The zero-order chi connectivity index (χ0) is 25.5. The summed E-state index contributed by atoms with van der Waals surface area (Å²) in [5.74, 6) is 0.735. The third-order valence-corrected chi connectivity index (χ3v) is 6.54. The fraction of sp³-hybridized carbons (Fsp3) is 0.333. The number of anilines is 1. The maximum absolute atomic E-state index is 13.7. The van der Waals surface area contributed by atoms with Crippen LogP contribution in [0.3, 0.4) is 0 Å². The van der Waals surface area contributed by atoms with E-state index in [4.69, 9.17) is 19.9 Å². The van der Waals surface area contributed by atoms with Crippen molar-refractivity contribution in [3.8, 4) is 29.1 Å². The van der Waals surface area contributed by atoms with Gasteiger partial charge in [0.1, 0.15) is 17.3 Å². The van der Waals surface area contributed by atoms with Gasteiger partial charge in [0.2, 0.25) is 0 Å². The van der Waals surface area contributed by atoms with Crippen LogP contribution in [-0.4, -0.2) is 32.2 Å². The van der Waals surface area contributed by atoms with Crippen LogP contribution in [0, 0.1) is 16.7 Å². The van der Waals surface area contributed by atoms with Gasteiger partial charge in [0.05, 0.1) is 44.6 Å². The molecular formula is C27H29N3O5. The number of benzene rings is 2. The van der Waals surface area contributed by atoms with Gasteiger partial charge < -0.3 is 25.1 Å². The molecule has 0 spiro atoms. The van der Waals surface area contributed by atoms with Crippen LogP contribution < -0.4 is 24.8 Å². The van der Waals surface area contributed by atoms with Crippen LogP contribution in [0.2, 0.25) is 0 Å². The third-order valence-electron chi connectivity index (χ3n) is 6.54. The highest BCUT2D eigenvalue weighted by Crippen LogP contribution is 2.52. The molecule has 2 aliphatic rings. The number of nitriles is 1. The van der Waals surface area contributed by atoms with E-state index in [0.717, 1.165) is 0 Å². The topological polar surface area (TPSA) is 118 Å². The molecule has 8 nitrogen and oxygen atoms in total. The number of hydrogen-bond acceptors (Lipinski definition) is 8. The Morgan fingerprint density at radius 2 is 1.74 bits per heavy atom. The number of allylic oxidation sites excluding steroid dienone is 3. The summed E-state index contributed by atoms with van der Waals surface area (Å²) in [5.41, 5.74) is 8.94. The minimum Gasteiger partial charge on any atom is -0.504 e. The van der Waals surface area contributed by atoms with Crippen LogP contribution in [0.25, 0.3) is 0 Å². The number of rotatable bonds is 5. The average molecular weight is 476 g/mol. The van der Waals surface area contributed by atoms with Gasteiger partial charge in [0, 0.05) is 23.8 Å². The van der Waals surface area contributed by atoms with Crippen molar-refractivity contribution in [2.45, 2.75) is 32.6 Å². The first-order valence-corrected chi connectivity index (χ1v) is 11.2. The number of carbonyl (C=O) groups excluding carboxylic acids is 1. The molecule has 0 saturated heterocycles. The lowest BCUT2D eigenvalue weighted by Gasteiger charge is -2.44. The van der Waals surface area contributed by atoms with Crippen molar-refractivity contribution >= 4 is 11.5 Å². The molecule has 1 heterocycles. The van der Waals surface area contributed by atoms with Crippen LogP contribution in [0.5, 0.6) is 23.0 Å². The van der Waals surface area contributed by atoms with Gasteiger partial charge in [-0.3, -0.25) is 9.69 Å². The van der Waals surface area contributed by atoms with Crippen LogP contribution >= 0.6 is 0 Å². The van der Waals surface area contributed by atoms with E-state index < -0.39 is 5.92 Å². The minimum atomic E-state index is -0.719. The monoisotopic (exact) mass is 475 g/mol. The van der Waals surface area contributed by atoms with E-state index in [9.17, 15) is 15.2 Å². The summed E-state index contributed by atoms with van der Waals surface area (Å²) >= 11 is 0. The van der Waals surface area contributed by atoms with Crippen molar-refractivity contribution in [3.63, 3.8) is 0 Å². The molecule has 1 aliphatic carbocycles. The number of carbonyl (C=O) groups is 1. The first kappa shape index (κ1) is 24.0. The largest absolute Gasteiger partial charge is 0.504 e. The summed E-state index contributed by atoms with van der Waals surface area (Å²) in [4.78, 5) is 15.4. The summed E-state index contributed by atoms with van der Waals surface area (Å²) in [5, 5.41) is 20.7. The van der Waals surface area contributed by atoms with Gasteiger partial charge in [0.25, 0.3) is 0 Å². The van der Waals surface area contributed by atoms with Gasteiger partial charge in [-0.05, 0) is 41.7 Å². The summed E-state index contributed by atoms with van der Waals surface area (Å²) in [6.45, 7) is 4.06. The molecule has 1 aliphatic heterocycles. The predicted octanol–water partition coefficient (Wildman–Crippen LogP) is 4.36. The number of methoxy groups -OCH3 is 3. The minimum absolute atomic E-state index is 0.0660. The average Bonchev–Trinajstić information content (AvgIpc) is 2.82. The van der Waals surface area contributed by atoms with Crippen molar-refractivity contribution in [1.82, 2.24) is 0 Å². The van der Waals surface area contributed by atoms with Crippen molar-refractivity contribution in [2.75, 3.05) is 26.2 Å². The molecule has 0 bridgehead atoms. The molecule has 3 N–H and O–H groups in total. The Bertz CT molecular complexity index is 1300. The lowest BCUT2D eigenvalue weighted by Crippen LogP contribution is -2.42. The van der Waals surface area contributed by atoms with Crippen molar-refractivity contribution in [3.05, 3.63) is 64.6 Å². The van der Waals surface area contributed by atoms with Crippen molar-refractivity contribution < 1.29 is 24.1 Å². The molecule has 2 aromatic carbocycles. The molecule has 0 saturated carbocycles. The maximum Gasteiger partial charge on any atom is 0.162 e. The Labute approximate surface area is 204 Å². The first-order valence-electron chi connectivity index (χ1n) is 11.2. The molecule has 2 aromatic rings. The number of nitrogens with zero attached hydrogens (tertiary/aromatic N) is 2. The SMILES string of the molecule is COc1ccc(OC)c(N2C(N)=C(C#N)[C@H](c3ccc(OC)c(O)c3)C3=C2CC(C)(C)CC3=O)c1. The van der Waals surface area contributed by atoms with E-state index in [2.05, 4.69) is 6.07 Å². The highest BCUT2D eigenvalue weighted by atomic mass is 16.5. The van der Waals surface area contributed by atoms with Crippen LogP contribution in [0.4, 0.5) is 5.69 Å². The van der Waals surface area contributed by atoms with Crippen molar-refractivity contribution in [2.24, 2.45) is 11.1 Å². The summed E-state index contributed by atoms with van der Waals surface area (Å²) < 4.78 is 16.2. The Morgan fingerprint density at radius 3 is 2.34 bits per heavy atom. The van der Waals surface area contributed by atoms with E-state index in [0.29, 0.717) is 52.6 Å². The van der Waals surface area contributed by atoms with Gasteiger partial charge in [-0.25, -0.2) is 0 Å². The molecule has 1 atom stereocenters. The molecular weight excluding hydrogens is 446 g/mol. The van der Waals surface area contributed by atoms with Gasteiger partial charge >= 0.3 is 0 Å². The Balaban J connectivity index is 2.03. The fourth-order valence-electron chi connectivity index (χ4n) is 4.98. The number of Topliss-reactive ketones (excluding diaryl/α,β-unsaturated/α-hetero) is 1. The smallest absolute Gasteiger partial charge is 0.162 e. The van der Waals surface area contributed by atoms with E-state index >= 15 is 0 Å². The Morgan fingerprint density at radius 1 is 1.06 bits per heavy atom. The molecule has 0 amide bonds. The normalized spacial score (nSPS) is 19.3. The molecule has 4 rings (SSSR count). The molecule has 0 unspecified atom stereocenters. The highest BCUT2D eigenvalue weighted by molar-refractivity contribution is 6.02. The second-order valence-corrected chi connectivity index (χ2v) is 9.45. The highest BCUT2D eigenvalue weighted by Gasteiger charge is 2.45. The van der Waals surface area contributed by atoms with Gasteiger partial charge in [0.15, 0.2) is 17.3 Å². The van der Waals surface area contributed by atoms with Gasteiger partial charge in [-0.2, -0.15) is 5.26 Å². The number of ether oxygens (including phenoxy) is 3. The molecule has 35 heavy (non-hydrogen) atoms. The van der Waals surface area contributed by atoms with Crippen molar-refractivity contribution in [1.29, 1.82) is 5.26 Å². The van der Waals surface area contributed by atoms with Crippen LogP contribution in [0.15, 0.2) is 59.1 Å². The molecule has 0 aromatic heterocycles. The lowest BCUT2D eigenvalue weighted by molar-refractivity contribution is -0.118. The molecule has 8 heteroatoms. The van der Waals surface area contributed by atoms with E-state index in [1.54, 1.807) is 49.5 Å². The van der Waals surface area contributed by atoms with Crippen LogP contribution in [0.1, 0.15) is 38.2 Å². The second-order valence-electron chi connectivity index (χ2n) is 9.45. The van der Waals surface area contributed by atoms with Crippen LogP contribution in [-0.2, 0) is 4.79 Å². The summed E-state index contributed by atoms with van der Waals surface area (Å²) in [7, 11) is 4.57. The predicted molar refractivity (Wildman–Crippen MR) is 131 cm³/mol. The van der Waals surface area contributed by atoms with Gasteiger partial charge in [-0.15, -0.1) is 0 Å². The molecule has 182 valence electrons. The number of hydrogen-bond donors (Lipinski definition) is 2. The second kappa shape index (κ2) is 8.91. The summed E-state index contributed by atoms with van der Waals surface area (Å²) in [6.07, 6.45) is 0.874. The summed E-state index contributed by atoms with van der Waals surface area (Å²) in [6, 6.07) is 12.4. The third kappa shape index (κ3) is 4.03. The van der Waals surface area contributed by atoms with E-state index in [1.165, 1.54) is 13.2 Å². The zero-order valence-corrected chi connectivity index (χ0v) is 20.5. The molecule has 0 radical (unpaired) electrons. The number of ketones is 1. The zero-order valence-electron chi connectivity index (χ0n) is 20.5. The van der Waals surface area contributed by atoms with E-state index in [1.807, 2.05) is 13.8 Å². The van der Waals surface area contributed by atoms with Gasteiger partial charge in [-0.1, -0.05) is 19.9 Å². The quantitative estimate of drug-likeness (QED) is 0.655. The maximum atomic E-state index is 13.7. The van der Waals surface area contributed by atoms with E-state index in [-0.39, 0.29) is 28.3 Å². The number of aromatic hydroxyl groups is 1. The number of nitrogens with two attached hydrogens (primary N) is 1. The fourth-order valence-corrected chi connectivity index (χ4v) is 4.98. The Kier molecular flexibility index (Phi) is 6.12. The standard InChI is InChI=1S/C27H29N3O5/c1-27(2)12-19-25(21(32)13-27)24(15-6-8-23(35-5)20(31)10-15)17(14-28)26(29)30(19)18-11-16(33-3)7-9-22(18)34-4/h6-11,24,31H,12-13,29H2,1-5H3/t24-/m0/s1. The first-order chi connectivity index (χ1) is 16.6. The number of phenols is 1. The Hall–Kier alpha value is -4.12. The lowest BCUT2D eigenvalue weighted by atomic mass is 9.68. The number of phenolic OH excluding ortho intramolecular Hbond substituents is 1.